The zero-order chi connectivity index (χ0) is 17.1. The summed E-state index contributed by atoms with van der Waals surface area (Å²) in [6.45, 7) is 3.69. The summed E-state index contributed by atoms with van der Waals surface area (Å²) in [5.41, 5.74) is 7.67. The number of nitrogens with zero attached hydrogens (tertiary/aromatic N) is 2. The highest BCUT2D eigenvalue weighted by Gasteiger charge is 2.07. The first-order valence-corrected chi connectivity index (χ1v) is 8.39. The molecule has 1 amide bonds. The molecule has 0 bridgehead atoms. The maximum absolute atomic E-state index is 11.9. The van der Waals surface area contributed by atoms with Crippen LogP contribution in [0.3, 0.4) is 0 Å². The fourth-order valence-corrected chi connectivity index (χ4v) is 2.25. The first-order chi connectivity index (χ1) is 11.0. The van der Waals surface area contributed by atoms with Crippen LogP contribution in [0.15, 0.2) is 29.3 Å². The van der Waals surface area contributed by atoms with E-state index in [1.807, 2.05) is 24.3 Å². The summed E-state index contributed by atoms with van der Waals surface area (Å²) in [6.07, 6.45) is 5.59. The topological polar surface area (TPSA) is 70.7 Å². The molecule has 5 heteroatoms. The predicted octanol–water partition coefficient (Wildman–Crippen LogP) is 2.42. The molecule has 0 aromatic heterocycles. The molecule has 5 nitrogen and oxygen atoms in total. The molecule has 0 aliphatic rings. The molecule has 0 fully saturated rings. The van der Waals surface area contributed by atoms with Gasteiger partial charge in [-0.1, -0.05) is 38.3 Å². The number of hydrogen-bond acceptors (Lipinski definition) is 2. The predicted molar refractivity (Wildman–Crippen MR) is 96.8 cm³/mol. The lowest BCUT2D eigenvalue weighted by molar-refractivity contribution is 0.0827. The Labute approximate surface area is 140 Å². The molecule has 0 aliphatic heterocycles. The lowest BCUT2D eigenvalue weighted by Gasteiger charge is -2.11. The highest BCUT2D eigenvalue weighted by atomic mass is 16.2. The van der Waals surface area contributed by atoms with E-state index >= 15 is 0 Å². The van der Waals surface area contributed by atoms with Crippen molar-refractivity contribution in [1.29, 1.82) is 0 Å². The van der Waals surface area contributed by atoms with Crippen LogP contribution in [-0.4, -0.2) is 44.0 Å². The summed E-state index contributed by atoms with van der Waals surface area (Å²) in [5, 5.41) is 3.13. The Morgan fingerprint density at radius 1 is 1.26 bits per heavy atom. The molecule has 0 saturated heterocycles. The van der Waals surface area contributed by atoms with Crippen molar-refractivity contribution < 1.29 is 4.79 Å². The highest BCUT2D eigenvalue weighted by Crippen LogP contribution is 2.07. The smallest absolute Gasteiger partial charge is 0.253 e. The first kappa shape index (κ1) is 19.0. The van der Waals surface area contributed by atoms with Crippen LogP contribution < -0.4 is 11.1 Å². The Hall–Kier alpha value is -2.04. The van der Waals surface area contributed by atoms with Gasteiger partial charge in [-0.3, -0.25) is 9.79 Å². The Morgan fingerprint density at radius 3 is 2.74 bits per heavy atom. The normalized spacial score (nSPS) is 11.3. The van der Waals surface area contributed by atoms with Crippen molar-refractivity contribution in [3.05, 3.63) is 35.4 Å². The fourth-order valence-electron chi connectivity index (χ4n) is 2.25. The van der Waals surface area contributed by atoms with Gasteiger partial charge in [-0.25, -0.2) is 0 Å². The second-order valence-electron chi connectivity index (χ2n) is 5.90. The van der Waals surface area contributed by atoms with Gasteiger partial charge < -0.3 is 16.0 Å². The summed E-state index contributed by atoms with van der Waals surface area (Å²) in [6, 6.07) is 7.71. The van der Waals surface area contributed by atoms with E-state index in [0.717, 1.165) is 24.9 Å². The van der Waals surface area contributed by atoms with E-state index in [4.69, 9.17) is 5.73 Å². The van der Waals surface area contributed by atoms with Gasteiger partial charge in [-0.15, -0.1) is 0 Å². The molecular weight excluding hydrogens is 288 g/mol. The summed E-state index contributed by atoms with van der Waals surface area (Å²) < 4.78 is 0. The zero-order valence-electron chi connectivity index (χ0n) is 14.6. The molecule has 3 N–H and O–H groups in total. The first-order valence-electron chi connectivity index (χ1n) is 8.39. The minimum absolute atomic E-state index is 0.0213. The van der Waals surface area contributed by atoms with Crippen LogP contribution in [0, 0.1) is 0 Å². The van der Waals surface area contributed by atoms with E-state index in [1.54, 1.807) is 19.0 Å². The second-order valence-corrected chi connectivity index (χ2v) is 5.90. The zero-order valence-corrected chi connectivity index (χ0v) is 14.6. The Kier molecular flexibility index (Phi) is 8.80. The molecule has 1 aromatic carbocycles. The van der Waals surface area contributed by atoms with Gasteiger partial charge in [0.2, 0.25) is 0 Å². The Balaban J connectivity index is 2.36. The molecule has 1 rings (SSSR count). The summed E-state index contributed by atoms with van der Waals surface area (Å²) in [4.78, 5) is 17.8. The standard InChI is InChI=1S/C18H30N4O/c1-4-5-6-7-12-20-18(19)21-13-11-15-9-8-10-16(14-15)17(23)22(2)3/h8-10,14H,4-7,11-13H2,1-3H3,(H3,19,20,21). The van der Waals surface area contributed by atoms with Crippen molar-refractivity contribution in [2.24, 2.45) is 10.7 Å². The molecule has 0 radical (unpaired) electrons. The van der Waals surface area contributed by atoms with Crippen molar-refractivity contribution in [1.82, 2.24) is 10.2 Å². The Morgan fingerprint density at radius 2 is 2.04 bits per heavy atom. The van der Waals surface area contributed by atoms with Crippen LogP contribution in [-0.2, 0) is 6.42 Å². The van der Waals surface area contributed by atoms with Gasteiger partial charge in [0, 0.05) is 32.7 Å². The quantitative estimate of drug-likeness (QED) is 0.417. The molecule has 128 valence electrons. The number of nitrogens with one attached hydrogen (secondary N) is 1. The SMILES string of the molecule is CCCCCCN=C(N)NCCc1cccc(C(=O)N(C)C)c1. The number of carbonyl (C=O) groups is 1. The number of amides is 1. The van der Waals surface area contributed by atoms with Crippen molar-refractivity contribution in [3.63, 3.8) is 0 Å². The summed E-state index contributed by atoms with van der Waals surface area (Å²) >= 11 is 0. The molecule has 0 unspecified atom stereocenters. The van der Waals surface area contributed by atoms with E-state index in [9.17, 15) is 4.79 Å². The molecule has 0 atom stereocenters. The lowest BCUT2D eigenvalue weighted by Crippen LogP contribution is -2.33. The number of nitrogens with two attached hydrogens (primary N) is 1. The average molecular weight is 318 g/mol. The maximum atomic E-state index is 11.9. The van der Waals surface area contributed by atoms with Crippen LogP contribution in [0.5, 0.6) is 0 Å². The van der Waals surface area contributed by atoms with Crippen LogP contribution >= 0.6 is 0 Å². The molecule has 0 heterocycles. The summed E-state index contributed by atoms with van der Waals surface area (Å²) in [7, 11) is 3.52. The van der Waals surface area contributed by atoms with Crippen LogP contribution in [0.1, 0.15) is 48.5 Å². The van der Waals surface area contributed by atoms with Crippen LogP contribution in [0.4, 0.5) is 0 Å². The van der Waals surface area contributed by atoms with Gasteiger partial charge in [0.1, 0.15) is 0 Å². The lowest BCUT2D eigenvalue weighted by atomic mass is 10.1. The largest absolute Gasteiger partial charge is 0.370 e. The number of guanidine groups is 1. The molecule has 0 aliphatic carbocycles. The van der Waals surface area contributed by atoms with Crippen molar-refractivity contribution in [2.45, 2.75) is 39.0 Å². The molecule has 0 saturated carbocycles. The van der Waals surface area contributed by atoms with Gasteiger partial charge in [0.25, 0.3) is 5.91 Å². The Bertz CT molecular complexity index is 511. The van der Waals surface area contributed by atoms with E-state index < -0.39 is 0 Å². The minimum atomic E-state index is 0.0213. The second kappa shape index (κ2) is 10.6. The van der Waals surface area contributed by atoms with E-state index in [1.165, 1.54) is 19.3 Å². The molecular formula is C18H30N4O. The van der Waals surface area contributed by atoms with E-state index in [2.05, 4.69) is 17.2 Å². The van der Waals surface area contributed by atoms with Gasteiger partial charge >= 0.3 is 0 Å². The van der Waals surface area contributed by atoms with Crippen molar-refractivity contribution in [3.8, 4) is 0 Å². The van der Waals surface area contributed by atoms with Crippen molar-refractivity contribution in [2.75, 3.05) is 27.2 Å². The van der Waals surface area contributed by atoms with Gasteiger partial charge in [0.15, 0.2) is 5.96 Å². The van der Waals surface area contributed by atoms with E-state index in [-0.39, 0.29) is 5.91 Å². The number of hydrogen-bond donors (Lipinski definition) is 2. The third-order valence-electron chi connectivity index (χ3n) is 3.59. The van der Waals surface area contributed by atoms with Crippen LogP contribution in [0.25, 0.3) is 0 Å². The fraction of sp³-hybridized carbons (Fsp3) is 0.556. The highest BCUT2D eigenvalue weighted by molar-refractivity contribution is 5.94. The number of carbonyl (C=O) groups excluding carboxylic acids is 1. The number of rotatable bonds is 9. The molecule has 0 spiro atoms. The van der Waals surface area contributed by atoms with E-state index in [0.29, 0.717) is 18.1 Å². The van der Waals surface area contributed by atoms with Gasteiger partial charge in [-0.05, 0) is 30.5 Å². The van der Waals surface area contributed by atoms with Crippen molar-refractivity contribution >= 4 is 11.9 Å². The monoisotopic (exact) mass is 318 g/mol. The minimum Gasteiger partial charge on any atom is -0.370 e. The van der Waals surface area contributed by atoms with Crippen LogP contribution in [0.2, 0.25) is 0 Å². The maximum Gasteiger partial charge on any atom is 0.253 e. The molecule has 23 heavy (non-hydrogen) atoms. The third-order valence-corrected chi connectivity index (χ3v) is 3.59. The molecule has 1 aromatic rings. The van der Waals surface area contributed by atoms with Gasteiger partial charge in [-0.2, -0.15) is 0 Å². The van der Waals surface area contributed by atoms with Gasteiger partial charge in [0.05, 0.1) is 0 Å². The number of unbranched alkanes of at least 4 members (excludes halogenated alkanes) is 3. The summed E-state index contributed by atoms with van der Waals surface area (Å²) in [5.74, 6) is 0.523. The average Bonchev–Trinajstić information content (AvgIpc) is 2.54. The number of benzene rings is 1. The third kappa shape index (κ3) is 7.68. The number of aliphatic imine (C=N–C) groups is 1.